The number of methoxy groups -OCH3 is 1. The lowest BCUT2D eigenvalue weighted by Crippen LogP contribution is -2.54. The first-order chi connectivity index (χ1) is 14.4. The Hall–Kier alpha value is -3.57. The number of anilines is 1. The Bertz CT molecular complexity index is 1060. The summed E-state index contributed by atoms with van der Waals surface area (Å²) in [5.74, 6) is 2.38. The van der Waals surface area contributed by atoms with Gasteiger partial charge in [-0.15, -0.1) is 6.42 Å². The van der Waals surface area contributed by atoms with E-state index in [-0.39, 0.29) is 17.4 Å². The zero-order valence-corrected chi connectivity index (χ0v) is 16.6. The number of terminal acetylenes is 1. The lowest BCUT2D eigenvalue weighted by atomic mass is 9.79. The van der Waals surface area contributed by atoms with Crippen LogP contribution in [0.5, 0.6) is 11.5 Å². The van der Waals surface area contributed by atoms with Gasteiger partial charge in [-0.25, -0.2) is 0 Å². The molecule has 1 N–H and O–H groups in total. The number of benzene rings is 2. The van der Waals surface area contributed by atoms with Crippen LogP contribution >= 0.6 is 0 Å². The molecule has 154 valence electrons. The number of ether oxygens (including phenoxy) is 2. The van der Waals surface area contributed by atoms with Crippen molar-refractivity contribution in [3.8, 4) is 23.8 Å². The number of carbonyl (C=O) groups is 1. The van der Waals surface area contributed by atoms with Crippen LogP contribution < -0.4 is 14.8 Å². The van der Waals surface area contributed by atoms with Crippen LogP contribution in [0.15, 0.2) is 42.5 Å². The normalized spacial score (nSPS) is 24.9. The number of likely N-dealkylation sites (tertiary alicyclic amines) is 1. The van der Waals surface area contributed by atoms with E-state index >= 15 is 0 Å². The summed E-state index contributed by atoms with van der Waals surface area (Å²) in [4.78, 5) is 26.9. The molecule has 1 amide bonds. The summed E-state index contributed by atoms with van der Waals surface area (Å²) in [6.07, 6.45) is 5.25. The zero-order chi connectivity index (χ0) is 21.5. The van der Waals surface area contributed by atoms with Crippen molar-refractivity contribution < 1.29 is 19.2 Å². The Balaban J connectivity index is 1.81. The third-order valence-electron chi connectivity index (χ3n) is 5.97. The van der Waals surface area contributed by atoms with Crippen LogP contribution in [0.1, 0.15) is 17.0 Å². The Kier molecular flexibility index (Phi) is 4.84. The number of nitrogens with zero attached hydrogens (tertiary/aromatic N) is 2. The van der Waals surface area contributed by atoms with E-state index < -0.39 is 17.5 Å². The molecule has 0 saturated carbocycles. The van der Waals surface area contributed by atoms with Crippen LogP contribution in [0.3, 0.4) is 0 Å². The maximum Gasteiger partial charge on any atom is 0.256 e. The van der Waals surface area contributed by atoms with Gasteiger partial charge in [-0.1, -0.05) is 30.2 Å². The summed E-state index contributed by atoms with van der Waals surface area (Å²) in [7, 11) is 3.25. The smallest absolute Gasteiger partial charge is 0.256 e. The fraction of sp³-hybridized carbons (Fsp3) is 0.318. The summed E-state index contributed by atoms with van der Waals surface area (Å²) < 4.78 is 10.9. The van der Waals surface area contributed by atoms with Gasteiger partial charge in [-0.2, -0.15) is 0 Å². The molecule has 0 unspecified atom stereocenters. The minimum absolute atomic E-state index is 0.0828. The lowest BCUT2D eigenvalue weighted by Gasteiger charge is -2.30. The van der Waals surface area contributed by atoms with E-state index in [2.05, 4.69) is 11.2 Å². The number of rotatable bonds is 5. The maximum absolute atomic E-state index is 13.1. The molecule has 0 aliphatic carbocycles. The van der Waals surface area contributed by atoms with Gasteiger partial charge in [0.05, 0.1) is 13.0 Å². The number of hydrogen-bond acceptors (Lipinski definition) is 6. The SMILES string of the molecule is C#CCOc1ccc([C@@H]2CN(C)[C@@]3(C(=O)Nc4ccccc43)[C@H]2[N+](=O)[O-])cc1OC. The van der Waals surface area contributed by atoms with Gasteiger partial charge in [0.15, 0.2) is 17.0 Å². The molecule has 0 aromatic heterocycles. The summed E-state index contributed by atoms with van der Waals surface area (Å²) in [5, 5.41) is 15.2. The van der Waals surface area contributed by atoms with Crippen molar-refractivity contribution in [2.24, 2.45) is 0 Å². The largest absolute Gasteiger partial charge is 0.493 e. The highest BCUT2D eigenvalue weighted by molar-refractivity contribution is 6.06. The van der Waals surface area contributed by atoms with Crippen molar-refractivity contribution in [3.63, 3.8) is 0 Å². The number of nitrogens with one attached hydrogen (secondary N) is 1. The monoisotopic (exact) mass is 407 g/mol. The van der Waals surface area contributed by atoms with Gasteiger partial charge in [0, 0.05) is 22.7 Å². The highest BCUT2D eigenvalue weighted by Crippen LogP contribution is 2.52. The average molecular weight is 407 g/mol. The van der Waals surface area contributed by atoms with E-state index in [0.29, 0.717) is 34.9 Å². The van der Waals surface area contributed by atoms with Crippen molar-refractivity contribution in [2.75, 3.05) is 32.6 Å². The van der Waals surface area contributed by atoms with Gasteiger partial charge in [0.1, 0.15) is 6.61 Å². The van der Waals surface area contributed by atoms with Crippen molar-refractivity contribution >= 4 is 11.6 Å². The number of carbonyl (C=O) groups excluding carboxylic acids is 1. The van der Waals surface area contributed by atoms with Crippen molar-refractivity contribution in [1.29, 1.82) is 0 Å². The molecule has 0 radical (unpaired) electrons. The standard InChI is InChI=1S/C22H21N3O5/c1-4-11-30-18-10-9-14(12-19(18)29-3)15-13-24(2)22(20(15)25(27)28)16-7-5-6-8-17(16)23-21(22)26/h1,5-10,12,15,20H,11,13H2,2-3H3,(H,23,26)/t15-,20-,22+/m0/s1. The Labute approximate surface area is 173 Å². The highest BCUT2D eigenvalue weighted by atomic mass is 16.6. The molecule has 8 heteroatoms. The van der Waals surface area contributed by atoms with E-state index in [1.54, 1.807) is 54.4 Å². The molecule has 1 spiro atoms. The van der Waals surface area contributed by atoms with E-state index in [4.69, 9.17) is 15.9 Å². The van der Waals surface area contributed by atoms with Gasteiger partial charge in [0.2, 0.25) is 0 Å². The molecule has 8 nitrogen and oxygen atoms in total. The third kappa shape index (κ3) is 2.70. The highest BCUT2D eigenvalue weighted by Gasteiger charge is 2.68. The van der Waals surface area contributed by atoms with E-state index in [0.717, 1.165) is 0 Å². The molecule has 1 fully saturated rings. The predicted molar refractivity (Wildman–Crippen MR) is 110 cm³/mol. The molecular weight excluding hydrogens is 386 g/mol. The minimum atomic E-state index is -1.38. The molecule has 30 heavy (non-hydrogen) atoms. The van der Waals surface area contributed by atoms with Gasteiger partial charge in [-0.3, -0.25) is 19.8 Å². The van der Waals surface area contributed by atoms with Crippen molar-refractivity contribution in [2.45, 2.75) is 17.5 Å². The fourth-order valence-electron chi connectivity index (χ4n) is 4.73. The maximum atomic E-state index is 13.1. The molecule has 4 rings (SSSR count). The molecule has 2 heterocycles. The summed E-state index contributed by atoms with van der Waals surface area (Å²) in [6, 6.07) is 11.1. The molecule has 2 aliphatic heterocycles. The van der Waals surface area contributed by atoms with E-state index in [1.807, 2.05) is 0 Å². The van der Waals surface area contributed by atoms with Crippen LogP contribution in [-0.2, 0) is 10.3 Å². The van der Waals surface area contributed by atoms with Gasteiger partial charge >= 0.3 is 0 Å². The lowest BCUT2D eigenvalue weighted by molar-refractivity contribution is -0.534. The molecule has 2 aliphatic rings. The second kappa shape index (κ2) is 7.35. The Morgan fingerprint density at radius 1 is 1.33 bits per heavy atom. The summed E-state index contributed by atoms with van der Waals surface area (Å²) in [6.45, 7) is 0.417. The van der Waals surface area contributed by atoms with Crippen molar-refractivity contribution in [1.82, 2.24) is 4.90 Å². The molecular formula is C22H21N3O5. The number of fused-ring (bicyclic) bond motifs is 2. The van der Waals surface area contributed by atoms with Crippen LogP contribution in [-0.4, -0.2) is 49.1 Å². The first-order valence-electron chi connectivity index (χ1n) is 9.45. The number of hydrogen-bond donors (Lipinski definition) is 1. The number of nitro groups is 1. The van der Waals surface area contributed by atoms with Gasteiger partial charge in [-0.05, 0) is 30.8 Å². The Morgan fingerprint density at radius 2 is 2.10 bits per heavy atom. The van der Waals surface area contributed by atoms with E-state index in [9.17, 15) is 14.9 Å². The minimum Gasteiger partial charge on any atom is -0.493 e. The zero-order valence-electron chi connectivity index (χ0n) is 16.6. The van der Waals surface area contributed by atoms with Crippen LogP contribution in [0.4, 0.5) is 5.69 Å². The van der Waals surface area contributed by atoms with Crippen LogP contribution in [0.2, 0.25) is 0 Å². The average Bonchev–Trinajstić information content (AvgIpc) is 3.22. The van der Waals surface area contributed by atoms with E-state index in [1.165, 1.54) is 7.11 Å². The molecule has 0 bridgehead atoms. The third-order valence-corrected chi connectivity index (χ3v) is 5.97. The number of para-hydroxylation sites is 1. The summed E-state index contributed by atoms with van der Waals surface area (Å²) in [5.41, 5.74) is 0.555. The molecule has 2 aromatic carbocycles. The topological polar surface area (TPSA) is 93.9 Å². The molecule has 1 saturated heterocycles. The van der Waals surface area contributed by atoms with Gasteiger partial charge in [0.25, 0.3) is 11.9 Å². The number of likely N-dealkylation sites (N-methyl/N-ethyl adjacent to an activating group) is 1. The van der Waals surface area contributed by atoms with Gasteiger partial charge < -0.3 is 14.8 Å². The first-order valence-corrected chi connectivity index (χ1v) is 9.45. The second-order valence-corrected chi connectivity index (χ2v) is 7.39. The Morgan fingerprint density at radius 3 is 2.80 bits per heavy atom. The number of amides is 1. The predicted octanol–water partition coefficient (Wildman–Crippen LogP) is 2.23. The first kappa shape index (κ1) is 19.7. The quantitative estimate of drug-likeness (QED) is 0.464. The summed E-state index contributed by atoms with van der Waals surface area (Å²) >= 11 is 0. The van der Waals surface area contributed by atoms with Crippen LogP contribution in [0, 0.1) is 22.5 Å². The van der Waals surface area contributed by atoms with Crippen molar-refractivity contribution in [3.05, 3.63) is 63.7 Å². The molecule has 3 atom stereocenters. The van der Waals surface area contributed by atoms with Crippen LogP contribution in [0.25, 0.3) is 0 Å². The second-order valence-electron chi connectivity index (χ2n) is 7.39. The molecule has 2 aromatic rings. The fourth-order valence-corrected chi connectivity index (χ4v) is 4.73.